The van der Waals surface area contributed by atoms with Crippen LogP contribution in [0.2, 0.25) is 5.02 Å². The highest BCUT2D eigenvalue weighted by molar-refractivity contribution is 6.46. The predicted molar refractivity (Wildman–Crippen MR) is 137 cm³/mol. The number of hydrogen-bond donors (Lipinski definition) is 1. The Morgan fingerprint density at radius 2 is 1.35 bits per heavy atom. The lowest BCUT2D eigenvalue weighted by Gasteiger charge is -2.33. The molecule has 4 amide bonds. The van der Waals surface area contributed by atoms with E-state index in [1.807, 2.05) is 0 Å². The third-order valence-electron chi connectivity index (χ3n) is 5.68. The van der Waals surface area contributed by atoms with Crippen molar-refractivity contribution in [1.29, 1.82) is 0 Å². The molecule has 3 aromatic carbocycles. The second-order valence-corrected chi connectivity index (χ2v) is 8.40. The van der Waals surface area contributed by atoms with E-state index >= 15 is 0 Å². The molecular formula is C28H17ClN2O6. The first-order valence-corrected chi connectivity index (χ1v) is 11.4. The van der Waals surface area contributed by atoms with Crippen molar-refractivity contribution < 1.29 is 28.7 Å². The Bertz CT molecular complexity index is 1510. The summed E-state index contributed by atoms with van der Waals surface area (Å²) >= 11 is 6.07. The highest BCUT2D eigenvalue weighted by atomic mass is 35.5. The van der Waals surface area contributed by atoms with Gasteiger partial charge in [-0.1, -0.05) is 54.1 Å². The fourth-order valence-electron chi connectivity index (χ4n) is 3.91. The lowest BCUT2D eigenvalue weighted by atomic mass is 10.1. The number of carboxylic acid groups (broad SMARTS) is 1. The zero-order chi connectivity index (χ0) is 26.1. The molecule has 0 spiro atoms. The van der Waals surface area contributed by atoms with Gasteiger partial charge < -0.3 is 9.52 Å². The molecule has 9 heteroatoms. The van der Waals surface area contributed by atoms with Crippen LogP contribution in [0.15, 0.2) is 101 Å². The number of carbonyl (C=O) groups is 4. The summed E-state index contributed by atoms with van der Waals surface area (Å²) in [5.41, 5.74) is 0.806. The van der Waals surface area contributed by atoms with Crippen LogP contribution in [0.4, 0.5) is 16.2 Å². The van der Waals surface area contributed by atoms with E-state index in [2.05, 4.69) is 0 Å². The Kier molecular flexibility index (Phi) is 6.17. The minimum atomic E-state index is -1.16. The topological polar surface area (TPSA) is 108 Å². The van der Waals surface area contributed by atoms with Gasteiger partial charge in [-0.05, 0) is 54.6 Å². The molecule has 4 aromatic rings. The summed E-state index contributed by atoms with van der Waals surface area (Å²) in [5, 5.41) is 9.21. The van der Waals surface area contributed by atoms with Gasteiger partial charge in [0.2, 0.25) is 0 Å². The summed E-state index contributed by atoms with van der Waals surface area (Å²) in [7, 11) is 0. The van der Waals surface area contributed by atoms with Crippen LogP contribution < -0.4 is 9.80 Å². The van der Waals surface area contributed by atoms with E-state index in [1.54, 1.807) is 72.8 Å². The zero-order valence-electron chi connectivity index (χ0n) is 19.0. The number of benzene rings is 3. The molecule has 1 N–H and O–H groups in total. The van der Waals surface area contributed by atoms with Crippen LogP contribution >= 0.6 is 11.6 Å². The number of hydrogen-bond acceptors (Lipinski definition) is 5. The van der Waals surface area contributed by atoms with E-state index < -0.39 is 23.8 Å². The Hall–Kier alpha value is -4.95. The van der Waals surface area contributed by atoms with E-state index in [0.717, 1.165) is 9.80 Å². The van der Waals surface area contributed by atoms with Gasteiger partial charge in [-0.25, -0.2) is 19.4 Å². The first kappa shape index (κ1) is 23.8. The molecule has 2 heterocycles. The second-order valence-electron chi connectivity index (χ2n) is 7.99. The lowest BCUT2D eigenvalue weighted by molar-refractivity contribution is -0.121. The molecule has 1 saturated heterocycles. The Balaban J connectivity index is 1.56. The van der Waals surface area contributed by atoms with Crippen LogP contribution in [0.5, 0.6) is 0 Å². The number of carbonyl (C=O) groups excluding carboxylic acids is 3. The van der Waals surface area contributed by atoms with Crippen LogP contribution in [-0.2, 0) is 9.59 Å². The van der Waals surface area contributed by atoms with Gasteiger partial charge in [0, 0.05) is 5.56 Å². The van der Waals surface area contributed by atoms with E-state index in [9.17, 15) is 24.3 Å². The van der Waals surface area contributed by atoms with Gasteiger partial charge in [-0.15, -0.1) is 0 Å². The summed E-state index contributed by atoms with van der Waals surface area (Å²) in [6.07, 6.45) is 1.28. The maximum absolute atomic E-state index is 13.4. The van der Waals surface area contributed by atoms with Gasteiger partial charge in [0.05, 0.1) is 22.0 Å². The summed E-state index contributed by atoms with van der Waals surface area (Å²) in [6.45, 7) is 0. The number of aromatic carboxylic acids is 1. The largest absolute Gasteiger partial charge is 0.478 e. The minimum Gasteiger partial charge on any atom is -0.478 e. The molecular weight excluding hydrogens is 496 g/mol. The van der Waals surface area contributed by atoms with Crippen LogP contribution in [0, 0.1) is 0 Å². The molecule has 182 valence electrons. The quantitative estimate of drug-likeness (QED) is 0.264. The first-order chi connectivity index (χ1) is 17.8. The molecule has 0 aliphatic carbocycles. The smallest absolute Gasteiger partial charge is 0.343 e. The average molecular weight is 513 g/mol. The summed E-state index contributed by atoms with van der Waals surface area (Å²) in [5.74, 6) is -2.21. The van der Waals surface area contributed by atoms with Gasteiger partial charge in [0.1, 0.15) is 17.1 Å². The van der Waals surface area contributed by atoms with E-state index in [4.69, 9.17) is 16.0 Å². The number of nitrogens with zero attached hydrogens (tertiary/aromatic N) is 2. The molecule has 37 heavy (non-hydrogen) atoms. The van der Waals surface area contributed by atoms with Crippen molar-refractivity contribution in [2.45, 2.75) is 0 Å². The molecule has 5 rings (SSSR count). The summed E-state index contributed by atoms with van der Waals surface area (Å²) in [4.78, 5) is 53.3. The van der Waals surface area contributed by atoms with Crippen molar-refractivity contribution >= 4 is 52.9 Å². The number of carboxylic acids is 1. The monoisotopic (exact) mass is 512 g/mol. The fourth-order valence-corrected chi connectivity index (χ4v) is 4.17. The first-order valence-electron chi connectivity index (χ1n) is 11.0. The number of furan rings is 1. The van der Waals surface area contributed by atoms with E-state index in [1.165, 1.54) is 24.3 Å². The second kappa shape index (κ2) is 9.60. The molecule has 1 aliphatic heterocycles. The molecule has 0 saturated carbocycles. The normalized spacial score (nSPS) is 13.8. The number of barbiturate groups is 1. The van der Waals surface area contributed by atoms with Crippen molar-refractivity contribution in [1.82, 2.24) is 0 Å². The number of urea groups is 1. The third-order valence-corrected chi connectivity index (χ3v) is 5.99. The zero-order valence-corrected chi connectivity index (χ0v) is 19.8. The minimum absolute atomic E-state index is 0.0365. The Morgan fingerprint density at radius 3 is 1.86 bits per heavy atom. The molecule has 1 aliphatic rings. The number of imide groups is 2. The number of para-hydroxylation sites is 2. The van der Waals surface area contributed by atoms with Crippen LogP contribution in [-0.4, -0.2) is 28.9 Å². The number of rotatable bonds is 5. The van der Waals surface area contributed by atoms with Crippen molar-refractivity contribution in [3.63, 3.8) is 0 Å². The van der Waals surface area contributed by atoms with Crippen molar-refractivity contribution in [3.05, 3.63) is 113 Å². The van der Waals surface area contributed by atoms with Gasteiger partial charge >= 0.3 is 12.0 Å². The van der Waals surface area contributed by atoms with Crippen LogP contribution in [0.3, 0.4) is 0 Å². The standard InChI is InChI=1S/C28H17ClN2O6/c29-23-15-17(11-13-21(23)27(34)35)24-14-12-20(37-24)16-22-25(32)30(18-7-3-1-4-8-18)28(36)31(26(22)33)19-9-5-2-6-10-19/h1-16H,(H,34,35). The van der Waals surface area contributed by atoms with E-state index in [-0.39, 0.29) is 21.9 Å². The fraction of sp³-hybridized carbons (Fsp3) is 0. The summed E-state index contributed by atoms with van der Waals surface area (Å²) < 4.78 is 5.82. The maximum Gasteiger partial charge on any atom is 0.343 e. The Labute approximate surface area is 215 Å². The van der Waals surface area contributed by atoms with Gasteiger partial charge in [-0.2, -0.15) is 0 Å². The molecule has 0 unspecified atom stereocenters. The summed E-state index contributed by atoms with van der Waals surface area (Å²) in [6, 6.07) is 23.3. The Morgan fingerprint density at radius 1 is 0.784 bits per heavy atom. The van der Waals surface area contributed by atoms with Crippen LogP contribution in [0.25, 0.3) is 17.4 Å². The van der Waals surface area contributed by atoms with Crippen molar-refractivity contribution in [2.24, 2.45) is 0 Å². The maximum atomic E-state index is 13.4. The van der Waals surface area contributed by atoms with Crippen LogP contribution in [0.1, 0.15) is 16.1 Å². The molecule has 1 fully saturated rings. The molecule has 0 bridgehead atoms. The van der Waals surface area contributed by atoms with Crippen molar-refractivity contribution in [3.8, 4) is 11.3 Å². The number of anilines is 2. The molecule has 0 atom stereocenters. The highest BCUT2D eigenvalue weighted by Gasteiger charge is 2.43. The third kappa shape index (κ3) is 4.41. The predicted octanol–water partition coefficient (Wildman–Crippen LogP) is 5.88. The number of amides is 4. The highest BCUT2D eigenvalue weighted by Crippen LogP contribution is 2.31. The molecule has 1 aromatic heterocycles. The molecule has 0 radical (unpaired) electrons. The van der Waals surface area contributed by atoms with Crippen molar-refractivity contribution in [2.75, 3.05) is 9.80 Å². The average Bonchev–Trinajstić information content (AvgIpc) is 3.36. The van der Waals surface area contributed by atoms with Gasteiger partial charge in [0.15, 0.2) is 0 Å². The van der Waals surface area contributed by atoms with Gasteiger partial charge in [0.25, 0.3) is 11.8 Å². The molecule has 8 nitrogen and oxygen atoms in total. The SMILES string of the molecule is O=C(O)c1ccc(-c2ccc(C=C3C(=O)N(c4ccccc4)C(=O)N(c4ccccc4)C3=O)o2)cc1Cl. The number of halogens is 1. The van der Waals surface area contributed by atoms with E-state index in [0.29, 0.717) is 22.7 Å². The van der Waals surface area contributed by atoms with Gasteiger partial charge in [-0.3, -0.25) is 9.59 Å². The lowest BCUT2D eigenvalue weighted by Crippen LogP contribution is -2.57.